The Morgan fingerprint density at radius 1 is 1.53 bits per heavy atom. The van der Waals surface area contributed by atoms with Crippen molar-refractivity contribution in [1.82, 2.24) is 4.90 Å². The third-order valence-corrected chi connectivity index (χ3v) is 2.50. The first-order chi connectivity index (χ1) is 7.15. The Labute approximate surface area is 93.9 Å². The molecule has 0 amide bonds. The van der Waals surface area contributed by atoms with Crippen LogP contribution in [0.2, 0.25) is 5.02 Å². The second kappa shape index (κ2) is 5.69. The number of hydrogen-bond acceptors (Lipinski definition) is 2. The molecule has 15 heavy (non-hydrogen) atoms. The molecule has 0 radical (unpaired) electrons. The Hall–Kier alpha value is -1.11. The highest BCUT2D eigenvalue weighted by Gasteiger charge is 2.07. The van der Waals surface area contributed by atoms with E-state index in [1.807, 2.05) is 11.9 Å². The Morgan fingerprint density at radius 3 is 2.93 bits per heavy atom. The zero-order chi connectivity index (χ0) is 11.3. The van der Waals surface area contributed by atoms with Gasteiger partial charge in [0.15, 0.2) is 0 Å². The van der Waals surface area contributed by atoms with Gasteiger partial charge in [0.2, 0.25) is 0 Å². The molecule has 0 N–H and O–H groups in total. The minimum Gasteiger partial charge on any atom is -0.301 e. The van der Waals surface area contributed by atoms with E-state index in [0.29, 0.717) is 19.5 Å². The summed E-state index contributed by atoms with van der Waals surface area (Å²) in [5.74, 6) is -0.400. The molecule has 1 aromatic rings. The summed E-state index contributed by atoms with van der Waals surface area (Å²) in [7, 11) is 1.87. The van der Waals surface area contributed by atoms with Crippen molar-refractivity contribution in [3.05, 3.63) is 34.6 Å². The Bertz CT molecular complexity index is 373. The number of nitrogens with zero attached hydrogens (tertiary/aromatic N) is 2. The van der Waals surface area contributed by atoms with Crippen LogP contribution in [0.1, 0.15) is 12.0 Å². The van der Waals surface area contributed by atoms with Gasteiger partial charge in [-0.05, 0) is 18.7 Å². The molecule has 0 saturated carbocycles. The topological polar surface area (TPSA) is 27.0 Å². The van der Waals surface area contributed by atoms with Crippen LogP contribution in [0, 0.1) is 17.1 Å². The lowest BCUT2D eigenvalue weighted by atomic mass is 10.2. The lowest BCUT2D eigenvalue weighted by Crippen LogP contribution is -2.19. The summed E-state index contributed by atoms with van der Waals surface area (Å²) >= 11 is 5.80. The van der Waals surface area contributed by atoms with E-state index in [9.17, 15) is 4.39 Å². The van der Waals surface area contributed by atoms with Crippen LogP contribution in [0.4, 0.5) is 4.39 Å². The highest BCUT2D eigenvalue weighted by atomic mass is 35.5. The van der Waals surface area contributed by atoms with Crippen molar-refractivity contribution in [2.24, 2.45) is 0 Å². The van der Waals surface area contributed by atoms with Crippen LogP contribution >= 0.6 is 11.6 Å². The van der Waals surface area contributed by atoms with Gasteiger partial charge in [0.1, 0.15) is 5.82 Å². The van der Waals surface area contributed by atoms with Gasteiger partial charge in [-0.15, -0.1) is 0 Å². The lowest BCUT2D eigenvalue weighted by molar-refractivity contribution is 0.334. The minimum atomic E-state index is -0.400. The summed E-state index contributed by atoms with van der Waals surface area (Å²) in [6.45, 7) is 1.21. The number of hydrogen-bond donors (Lipinski definition) is 0. The van der Waals surface area contributed by atoms with E-state index in [1.54, 1.807) is 12.1 Å². The predicted octanol–water partition coefficient (Wildman–Crippen LogP) is 2.82. The van der Waals surface area contributed by atoms with Crippen LogP contribution in [-0.4, -0.2) is 18.5 Å². The molecule has 0 spiro atoms. The van der Waals surface area contributed by atoms with Crippen molar-refractivity contribution in [1.29, 1.82) is 5.26 Å². The second-order valence-electron chi connectivity index (χ2n) is 3.36. The quantitative estimate of drug-likeness (QED) is 0.790. The smallest absolute Gasteiger partial charge is 0.142 e. The summed E-state index contributed by atoms with van der Waals surface area (Å²) in [6, 6.07) is 6.82. The van der Waals surface area contributed by atoms with Crippen LogP contribution < -0.4 is 0 Å². The first-order valence-corrected chi connectivity index (χ1v) is 5.01. The molecule has 0 saturated heterocycles. The first kappa shape index (κ1) is 12.0. The summed E-state index contributed by atoms with van der Waals surface area (Å²) in [5, 5.41) is 8.59. The molecule has 0 aliphatic rings. The third kappa shape index (κ3) is 3.50. The first-order valence-electron chi connectivity index (χ1n) is 4.63. The summed E-state index contributed by atoms with van der Waals surface area (Å²) in [4.78, 5) is 1.93. The predicted molar refractivity (Wildman–Crippen MR) is 58.0 cm³/mol. The molecule has 0 bridgehead atoms. The molecule has 2 nitrogen and oxygen atoms in total. The number of benzene rings is 1. The van der Waals surface area contributed by atoms with E-state index in [4.69, 9.17) is 16.9 Å². The maximum Gasteiger partial charge on any atom is 0.142 e. The van der Waals surface area contributed by atoms with Crippen LogP contribution in [0.15, 0.2) is 18.2 Å². The fourth-order valence-electron chi connectivity index (χ4n) is 1.28. The summed E-state index contributed by atoms with van der Waals surface area (Å²) in [6.07, 6.45) is 0.462. The van der Waals surface area contributed by atoms with E-state index < -0.39 is 5.82 Å². The molecular formula is C11H12ClFN2. The van der Waals surface area contributed by atoms with Gasteiger partial charge < -0.3 is 4.90 Å². The molecule has 0 atom stereocenters. The normalized spacial score (nSPS) is 10.3. The fraction of sp³-hybridized carbons (Fsp3) is 0.364. The van der Waals surface area contributed by atoms with Gasteiger partial charge in [-0.2, -0.15) is 5.26 Å². The highest BCUT2D eigenvalue weighted by Crippen LogP contribution is 2.20. The SMILES string of the molecule is CN(CCC#N)Cc1cccc(F)c1Cl. The Kier molecular flexibility index (Phi) is 4.54. The second-order valence-corrected chi connectivity index (χ2v) is 3.74. The van der Waals surface area contributed by atoms with Crippen molar-refractivity contribution in [2.75, 3.05) is 13.6 Å². The molecule has 0 aromatic heterocycles. The number of nitriles is 1. The molecule has 80 valence electrons. The van der Waals surface area contributed by atoms with Gasteiger partial charge in [0.05, 0.1) is 11.1 Å². The summed E-state index contributed by atoms with van der Waals surface area (Å²) < 4.78 is 13.1. The van der Waals surface area contributed by atoms with Gasteiger partial charge >= 0.3 is 0 Å². The van der Waals surface area contributed by atoms with Gasteiger partial charge in [-0.25, -0.2) is 4.39 Å². The van der Waals surface area contributed by atoms with E-state index in [2.05, 4.69) is 6.07 Å². The van der Waals surface area contributed by atoms with Gasteiger partial charge in [0, 0.05) is 19.5 Å². The Morgan fingerprint density at radius 2 is 2.27 bits per heavy atom. The van der Waals surface area contributed by atoms with Gasteiger partial charge in [0.25, 0.3) is 0 Å². The molecule has 0 aliphatic heterocycles. The molecule has 1 aromatic carbocycles. The van der Waals surface area contributed by atoms with E-state index in [-0.39, 0.29) is 5.02 Å². The van der Waals surface area contributed by atoms with Crippen molar-refractivity contribution >= 4 is 11.6 Å². The maximum atomic E-state index is 13.1. The van der Waals surface area contributed by atoms with E-state index in [1.165, 1.54) is 6.07 Å². The van der Waals surface area contributed by atoms with Gasteiger partial charge in [-0.3, -0.25) is 0 Å². The molecule has 0 unspecified atom stereocenters. The Balaban J connectivity index is 2.65. The van der Waals surface area contributed by atoms with Crippen LogP contribution in [-0.2, 0) is 6.54 Å². The molecule has 1 rings (SSSR count). The van der Waals surface area contributed by atoms with Crippen molar-refractivity contribution in [3.8, 4) is 6.07 Å². The fourth-order valence-corrected chi connectivity index (χ4v) is 1.47. The number of rotatable bonds is 4. The molecule has 0 aliphatic carbocycles. The number of halogens is 2. The molecule has 0 fully saturated rings. The molecular weight excluding hydrogens is 215 g/mol. The van der Waals surface area contributed by atoms with Crippen LogP contribution in [0.3, 0.4) is 0 Å². The molecule has 4 heteroatoms. The van der Waals surface area contributed by atoms with Crippen molar-refractivity contribution in [3.63, 3.8) is 0 Å². The zero-order valence-corrected chi connectivity index (χ0v) is 9.26. The molecule has 0 heterocycles. The van der Waals surface area contributed by atoms with Crippen LogP contribution in [0.25, 0.3) is 0 Å². The van der Waals surface area contributed by atoms with E-state index >= 15 is 0 Å². The average Bonchev–Trinajstić information content (AvgIpc) is 2.22. The van der Waals surface area contributed by atoms with Crippen molar-refractivity contribution in [2.45, 2.75) is 13.0 Å². The van der Waals surface area contributed by atoms with Crippen molar-refractivity contribution < 1.29 is 4.39 Å². The largest absolute Gasteiger partial charge is 0.301 e. The van der Waals surface area contributed by atoms with Crippen LogP contribution in [0.5, 0.6) is 0 Å². The zero-order valence-electron chi connectivity index (χ0n) is 8.50. The lowest BCUT2D eigenvalue weighted by Gasteiger charge is -2.15. The monoisotopic (exact) mass is 226 g/mol. The average molecular weight is 227 g/mol. The standard InChI is InChI=1S/C11H12ClFN2/c1-15(7-3-6-14)8-9-4-2-5-10(13)11(9)12/h2,4-5H,3,7-8H2,1H3. The van der Waals surface area contributed by atoms with E-state index in [0.717, 1.165) is 5.56 Å². The summed E-state index contributed by atoms with van der Waals surface area (Å²) in [5.41, 5.74) is 0.747. The maximum absolute atomic E-state index is 13.1. The highest BCUT2D eigenvalue weighted by molar-refractivity contribution is 6.31. The third-order valence-electron chi connectivity index (χ3n) is 2.08. The van der Waals surface area contributed by atoms with Gasteiger partial charge in [-0.1, -0.05) is 23.7 Å². The minimum absolute atomic E-state index is 0.168.